The van der Waals surface area contributed by atoms with E-state index in [1.807, 2.05) is 38.1 Å². The van der Waals surface area contributed by atoms with Crippen LogP contribution in [-0.2, 0) is 30.3 Å². The maximum atomic E-state index is 11.5. The highest BCUT2D eigenvalue weighted by Crippen LogP contribution is 2.25. The summed E-state index contributed by atoms with van der Waals surface area (Å²) in [7, 11) is -2.02. The fraction of sp³-hybridized carbons (Fsp3) is 0.588. The van der Waals surface area contributed by atoms with Crippen molar-refractivity contribution in [1.82, 2.24) is 0 Å². The van der Waals surface area contributed by atoms with Gasteiger partial charge in [-0.15, -0.1) is 0 Å². The Bertz CT molecular complexity index is 623. The lowest BCUT2D eigenvalue weighted by atomic mass is 9.98. The Morgan fingerprint density at radius 2 is 1.83 bits per heavy atom. The van der Waals surface area contributed by atoms with Crippen LogP contribution < -0.4 is 4.74 Å². The second kappa shape index (κ2) is 9.03. The summed E-state index contributed by atoms with van der Waals surface area (Å²) in [6.07, 6.45) is 3.22. The normalized spacial score (nSPS) is 14.0. The average molecular weight is 358 g/mol. The molecule has 0 aliphatic carbocycles. The molecule has 0 aromatic heterocycles. The van der Waals surface area contributed by atoms with Crippen LogP contribution in [0.25, 0.3) is 0 Å². The quantitative estimate of drug-likeness (QED) is 0.363. The van der Waals surface area contributed by atoms with E-state index in [9.17, 15) is 13.2 Å². The first kappa shape index (κ1) is 20.4. The predicted octanol–water partition coefficient (Wildman–Crippen LogP) is 2.71. The molecular formula is C17H26O6S. The second-order valence-electron chi connectivity index (χ2n) is 5.93. The molecule has 0 saturated carbocycles. The van der Waals surface area contributed by atoms with Crippen LogP contribution in [0.2, 0.25) is 0 Å². The van der Waals surface area contributed by atoms with Crippen LogP contribution in [0.1, 0.15) is 38.7 Å². The van der Waals surface area contributed by atoms with Crippen LogP contribution in [0.4, 0.5) is 0 Å². The van der Waals surface area contributed by atoms with Crippen LogP contribution in [0.3, 0.4) is 0 Å². The SMILES string of the molecule is CCC(C)(CC(=O)OC)Oc1ccc(CCCOS(C)(=O)=O)cc1. The van der Waals surface area contributed by atoms with Gasteiger partial charge in [0.1, 0.15) is 11.4 Å². The van der Waals surface area contributed by atoms with E-state index >= 15 is 0 Å². The van der Waals surface area contributed by atoms with Crippen molar-refractivity contribution in [1.29, 1.82) is 0 Å². The molecule has 136 valence electrons. The Labute approximate surface area is 144 Å². The van der Waals surface area contributed by atoms with Gasteiger partial charge in [0, 0.05) is 0 Å². The standard InChI is InChI=1S/C17H26O6S/c1-5-17(2,13-16(18)21-3)23-15-10-8-14(9-11-15)7-6-12-22-24(4,19)20/h8-11H,5-7,12-13H2,1-4H3. The van der Waals surface area contributed by atoms with Crippen molar-refractivity contribution in [2.24, 2.45) is 0 Å². The van der Waals surface area contributed by atoms with Crippen molar-refractivity contribution in [3.8, 4) is 5.75 Å². The maximum absolute atomic E-state index is 11.5. The van der Waals surface area contributed by atoms with Gasteiger partial charge in [0.05, 0.1) is 26.4 Å². The van der Waals surface area contributed by atoms with Crippen molar-refractivity contribution < 1.29 is 26.9 Å². The maximum Gasteiger partial charge on any atom is 0.309 e. The predicted molar refractivity (Wildman–Crippen MR) is 91.5 cm³/mol. The fourth-order valence-electron chi connectivity index (χ4n) is 2.11. The molecule has 24 heavy (non-hydrogen) atoms. The number of hydrogen-bond donors (Lipinski definition) is 0. The zero-order valence-corrected chi connectivity index (χ0v) is 15.5. The molecule has 1 unspecified atom stereocenters. The molecule has 0 heterocycles. The Morgan fingerprint density at radius 3 is 2.33 bits per heavy atom. The van der Waals surface area contributed by atoms with Gasteiger partial charge in [-0.05, 0) is 43.9 Å². The molecular weight excluding hydrogens is 332 g/mol. The summed E-state index contributed by atoms with van der Waals surface area (Å²) in [4.78, 5) is 11.5. The summed E-state index contributed by atoms with van der Waals surface area (Å²) in [6, 6.07) is 7.53. The van der Waals surface area contributed by atoms with Crippen LogP contribution >= 0.6 is 0 Å². The third-order valence-electron chi connectivity index (χ3n) is 3.69. The molecule has 0 amide bonds. The summed E-state index contributed by atoms with van der Waals surface area (Å²) >= 11 is 0. The molecule has 0 aliphatic heterocycles. The number of esters is 1. The monoisotopic (exact) mass is 358 g/mol. The largest absolute Gasteiger partial charge is 0.487 e. The van der Waals surface area contributed by atoms with Gasteiger partial charge in [-0.2, -0.15) is 8.42 Å². The van der Waals surface area contributed by atoms with Crippen LogP contribution in [0.15, 0.2) is 24.3 Å². The third kappa shape index (κ3) is 7.79. The van der Waals surface area contributed by atoms with E-state index in [4.69, 9.17) is 13.7 Å². The van der Waals surface area contributed by atoms with Crippen molar-refractivity contribution in [3.05, 3.63) is 29.8 Å². The third-order valence-corrected chi connectivity index (χ3v) is 4.28. The molecule has 6 nitrogen and oxygen atoms in total. The molecule has 0 fully saturated rings. The Kier molecular flexibility index (Phi) is 7.69. The van der Waals surface area contributed by atoms with Gasteiger partial charge in [-0.1, -0.05) is 19.1 Å². The minimum atomic E-state index is -3.38. The summed E-state index contributed by atoms with van der Waals surface area (Å²) in [6.45, 7) is 4.00. The number of rotatable bonds is 10. The van der Waals surface area contributed by atoms with E-state index in [2.05, 4.69) is 0 Å². The molecule has 1 rings (SSSR count). The van der Waals surface area contributed by atoms with Crippen molar-refractivity contribution in [2.45, 2.75) is 45.1 Å². The molecule has 0 spiro atoms. The highest BCUT2D eigenvalue weighted by Gasteiger charge is 2.28. The van der Waals surface area contributed by atoms with Gasteiger partial charge in [-0.25, -0.2) is 0 Å². The van der Waals surface area contributed by atoms with E-state index in [1.54, 1.807) is 0 Å². The first-order valence-electron chi connectivity index (χ1n) is 7.86. The zero-order valence-electron chi connectivity index (χ0n) is 14.7. The van der Waals surface area contributed by atoms with E-state index in [0.717, 1.165) is 11.8 Å². The summed E-state index contributed by atoms with van der Waals surface area (Å²) in [5, 5.41) is 0. The van der Waals surface area contributed by atoms with Crippen molar-refractivity contribution in [2.75, 3.05) is 20.0 Å². The number of carbonyl (C=O) groups is 1. The Hall–Kier alpha value is -1.60. The topological polar surface area (TPSA) is 78.9 Å². The number of methoxy groups -OCH3 is 1. The molecule has 0 bridgehead atoms. The van der Waals surface area contributed by atoms with Gasteiger partial charge >= 0.3 is 5.97 Å². The number of hydrogen-bond acceptors (Lipinski definition) is 6. The molecule has 1 aromatic rings. The molecule has 0 aliphatic rings. The molecule has 0 N–H and O–H groups in total. The lowest BCUT2D eigenvalue weighted by Crippen LogP contribution is -2.34. The molecule has 0 saturated heterocycles. The van der Waals surface area contributed by atoms with Crippen LogP contribution in [0, 0.1) is 0 Å². The van der Waals surface area contributed by atoms with E-state index < -0.39 is 15.7 Å². The lowest BCUT2D eigenvalue weighted by Gasteiger charge is -2.28. The van der Waals surface area contributed by atoms with Crippen LogP contribution in [-0.4, -0.2) is 40.0 Å². The highest BCUT2D eigenvalue weighted by atomic mass is 32.2. The summed E-state index contributed by atoms with van der Waals surface area (Å²) < 4.78 is 37.1. The lowest BCUT2D eigenvalue weighted by molar-refractivity contribution is -0.144. The minimum absolute atomic E-state index is 0.171. The smallest absolute Gasteiger partial charge is 0.309 e. The van der Waals surface area contributed by atoms with Gasteiger partial charge in [-0.3, -0.25) is 8.98 Å². The van der Waals surface area contributed by atoms with Gasteiger partial charge in [0.25, 0.3) is 10.1 Å². The average Bonchev–Trinajstić information content (AvgIpc) is 2.52. The molecule has 1 atom stereocenters. The van der Waals surface area contributed by atoms with E-state index in [0.29, 0.717) is 25.0 Å². The first-order chi connectivity index (χ1) is 11.2. The summed E-state index contributed by atoms with van der Waals surface area (Å²) in [5.74, 6) is 0.376. The minimum Gasteiger partial charge on any atom is -0.487 e. The number of carbonyl (C=O) groups excluding carboxylic acids is 1. The Morgan fingerprint density at radius 1 is 1.21 bits per heavy atom. The van der Waals surface area contributed by atoms with Gasteiger partial charge in [0.15, 0.2) is 0 Å². The number of benzene rings is 1. The molecule has 7 heteroatoms. The van der Waals surface area contributed by atoms with Gasteiger partial charge < -0.3 is 9.47 Å². The van der Waals surface area contributed by atoms with Gasteiger partial charge in [0.2, 0.25) is 0 Å². The second-order valence-corrected chi connectivity index (χ2v) is 7.58. The molecule has 1 aromatic carbocycles. The van der Waals surface area contributed by atoms with Crippen molar-refractivity contribution >= 4 is 16.1 Å². The number of ether oxygens (including phenoxy) is 2. The van der Waals surface area contributed by atoms with Crippen LogP contribution in [0.5, 0.6) is 5.75 Å². The Balaban J connectivity index is 2.55. The fourth-order valence-corrected chi connectivity index (χ4v) is 2.53. The highest BCUT2D eigenvalue weighted by molar-refractivity contribution is 7.85. The summed E-state index contributed by atoms with van der Waals surface area (Å²) in [5.41, 5.74) is 0.448. The first-order valence-corrected chi connectivity index (χ1v) is 9.68. The zero-order chi connectivity index (χ0) is 18.2. The van der Waals surface area contributed by atoms with E-state index in [-0.39, 0.29) is 19.0 Å². The van der Waals surface area contributed by atoms with E-state index in [1.165, 1.54) is 7.11 Å². The molecule has 0 radical (unpaired) electrons. The number of aryl methyl sites for hydroxylation is 1. The van der Waals surface area contributed by atoms with Crippen molar-refractivity contribution in [3.63, 3.8) is 0 Å².